The molecule has 0 aliphatic rings. The summed E-state index contributed by atoms with van der Waals surface area (Å²) in [6, 6.07) is 14.0. The Balaban J connectivity index is 2.07. The molecule has 0 aromatic heterocycles. The summed E-state index contributed by atoms with van der Waals surface area (Å²) in [6.45, 7) is 7.87. The molecular weight excluding hydrogens is 395 g/mol. The quantitative estimate of drug-likeness (QED) is 0.268. The number of nitrogens with zero attached hydrogens (tertiary/aromatic N) is 1. The Bertz CT molecular complexity index is 808. The monoisotopic (exact) mass is 420 g/mol. The summed E-state index contributed by atoms with van der Waals surface area (Å²) < 4.78 is 17.0. The number of nitro benzene ring substituents is 1. The van der Waals surface area contributed by atoms with Gasteiger partial charge in [0.05, 0.1) is 11.5 Å². The van der Waals surface area contributed by atoms with Crippen LogP contribution in [0.1, 0.15) is 27.7 Å². The Kier molecular flexibility index (Phi) is 7.93. The summed E-state index contributed by atoms with van der Waals surface area (Å²) in [6.07, 6.45) is 0. The molecule has 8 nitrogen and oxygen atoms in total. The Morgan fingerprint density at radius 3 is 2.14 bits per heavy atom. The molecule has 0 saturated heterocycles. The number of non-ortho nitro benzene ring substituents is 1. The number of nitrogens with one attached hydrogen (secondary N) is 1. The first-order chi connectivity index (χ1) is 13.6. The van der Waals surface area contributed by atoms with Gasteiger partial charge in [0, 0.05) is 12.1 Å². The zero-order chi connectivity index (χ0) is 21.4. The van der Waals surface area contributed by atoms with Crippen molar-refractivity contribution in [2.75, 3.05) is 6.61 Å². The van der Waals surface area contributed by atoms with Crippen LogP contribution in [0.3, 0.4) is 0 Å². The number of nitro groups is 1. The third kappa shape index (κ3) is 8.05. The van der Waals surface area contributed by atoms with Crippen molar-refractivity contribution in [2.45, 2.75) is 33.7 Å². The van der Waals surface area contributed by atoms with Crippen molar-refractivity contribution in [2.24, 2.45) is 5.41 Å². The largest absolute Gasteiger partial charge is 0.464 e. The molecule has 0 fully saturated rings. The molecule has 2 rings (SSSR count). The number of hydrogen-bond acceptors (Lipinski definition) is 7. The van der Waals surface area contributed by atoms with E-state index in [-0.39, 0.29) is 11.1 Å². The number of para-hydroxylation sites is 1. The van der Waals surface area contributed by atoms with Crippen LogP contribution in [0.15, 0.2) is 54.6 Å². The number of carbonyl (C=O) groups is 1. The maximum absolute atomic E-state index is 12.3. The Labute approximate surface area is 171 Å². The first-order valence-corrected chi connectivity index (χ1v) is 10.2. The van der Waals surface area contributed by atoms with Crippen molar-refractivity contribution in [1.29, 1.82) is 0 Å². The zero-order valence-electron chi connectivity index (χ0n) is 16.8. The number of carbonyl (C=O) groups excluding carboxylic acids is 1. The van der Waals surface area contributed by atoms with E-state index in [1.807, 2.05) is 39.0 Å². The van der Waals surface area contributed by atoms with Crippen LogP contribution < -0.4 is 14.1 Å². The van der Waals surface area contributed by atoms with Crippen molar-refractivity contribution in [3.05, 3.63) is 64.7 Å². The lowest BCUT2D eigenvalue weighted by Crippen LogP contribution is -2.35. The van der Waals surface area contributed by atoms with E-state index in [0.717, 1.165) is 0 Å². The smallest absolute Gasteiger partial charge is 0.382 e. The van der Waals surface area contributed by atoms with Crippen molar-refractivity contribution in [3.8, 4) is 11.5 Å². The fourth-order valence-electron chi connectivity index (χ4n) is 2.00. The molecule has 0 heterocycles. The van der Waals surface area contributed by atoms with Crippen molar-refractivity contribution in [1.82, 2.24) is 5.09 Å². The van der Waals surface area contributed by atoms with Crippen molar-refractivity contribution >= 4 is 20.2 Å². The second kappa shape index (κ2) is 10.2. The number of hydrogen-bond donors (Lipinski definition) is 1. The van der Waals surface area contributed by atoms with E-state index < -0.39 is 25.5 Å². The molecule has 0 aliphatic heterocycles. The van der Waals surface area contributed by atoms with Crippen LogP contribution in [0, 0.1) is 15.5 Å². The molecule has 1 N–H and O–H groups in total. The highest BCUT2D eigenvalue weighted by Crippen LogP contribution is 2.38. The summed E-state index contributed by atoms with van der Waals surface area (Å²) >= 11 is 0. The lowest BCUT2D eigenvalue weighted by molar-refractivity contribution is -0.384. The molecule has 0 radical (unpaired) electrons. The standard InChI is InChI=1S/C20H25N2O6P/c1-15(19(23)26-14-20(2,3)4)21-29(27-17-8-6-5-7-9-17)28-18-12-10-16(11-13-18)22(24)25/h5-13,15,21H,14H2,1-4H3. The first-order valence-electron chi connectivity index (χ1n) is 9.02. The van der Waals surface area contributed by atoms with Crippen LogP contribution in [0.4, 0.5) is 5.69 Å². The van der Waals surface area contributed by atoms with Gasteiger partial charge in [-0.25, -0.2) is 5.09 Å². The highest BCUT2D eigenvalue weighted by atomic mass is 31.2. The summed E-state index contributed by atoms with van der Waals surface area (Å²) in [4.78, 5) is 22.6. The topological polar surface area (TPSA) is 99.9 Å². The summed E-state index contributed by atoms with van der Waals surface area (Å²) in [7, 11) is -1.77. The van der Waals surface area contributed by atoms with Gasteiger partial charge in [-0.1, -0.05) is 39.0 Å². The summed E-state index contributed by atoms with van der Waals surface area (Å²) in [5.74, 6) is 0.514. The van der Waals surface area contributed by atoms with Gasteiger partial charge in [-0.15, -0.1) is 0 Å². The normalized spacial score (nSPS) is 13.2. The highest BCUT2D eigenvalue weighted by molar-refractivity contribution is 7.45. The van der Waals surface area contributed by atoms with Gasteiger partial charge in [0.2, 0.25) is 0 Å². The fraction of sp³-hybridized carbons (Fsp3) is 0.350. The van der Waals surface area contributed by atoms with Gasteiger partial charge in [0.15, 0.2) is 0 Å². The summed E-state index contributed by atoms with van der Waals surface area (Å²) in [5.41, 5.74) is -0.187. The Morgan fingerprint density at radius 1 is 1.07 bits per heavy atom. The molecular formula is C20H25N2O6P. The molecule has 2 unspecified atom stereocenters. The average molecular weight is 420 g/mol. The van der Waals surface area contributed by atoms with Crippen LogP contribution in [-0.4, -0.2) is 23.5 Å². The minimum Gasteiger partial charge on any atom is -0.464 e. The van der Waals surface area contributed by atoms with Gasteiger partial charge in [0.1, 0.15) is 17.5 Å². The van der Waals surface area contributed by atoms with E-state index in [1.165, 1.54) is 24.3 Å². The second-order valence-electron chi connectivity index (χ2n) is 7.52. The van der Waals surface area contributed by atoms with E-state index >= 15 is 0 Å². The molecule has 9 heteroatoms. The highest BCUT2D eigenvalue weighted by Gasteiger charge is 2.25. The SMILES string of the molecule is CC(NP(Oc1ccccc1)Oc1ccc([N+](=O)[O-])cc1)C(=O)OCC(C)(C)C. The Morgan fingerprint density at radius 2 is 1.62 bits per heavy atom. The maximum atomic E-state index is 12.3. The number of benzene rings is 2. The molecule has 2 aromatic carbocycles. The first kappa shape index (κ1) is 22.6. The van der Waals surface area contributed by atoms with Gasteiger partial charge in [-0.05, 0) is 36.6 Å². The maximum Gasteiger partial charge on any atom is 0.382 e. The lowest BCUT2D eigenvalue weighted by atomic mass is 9.99. The molecule has 0 saturated carbocycles. The van der Waals surface area contributed by atoms with E-state index in [0.29, 0.717) is 18.1 Å². The Hall–Kier alpha value is -2.70. The zero-order valence-corrected chi connectivity index (χ0v) is 17.7. The second-order valence-corrected chi connectivity index (χ2v) is 8.66. The van der Waals surface area contributed by atoms with Crippen molar-refractivity contribution in [3.63, 3.8) is 0 Å². The van der Waals surface area contributed by atoms with Crippen LogP contribution in [0.25, 0.3) is 0 Å². The van der Waals surface area contributed by atoms with Crippen molar-refractivity contribution < 1.29 is 23.5 Å². The fourth-order valence-corrected chi connectivity index (χ4v) is 3.19. The third-order valence-corrected chi connectivity index (χ3v) is 4.82. The van der Waals surface area contributed by atoms with Gasteiger partial charge < -0.3 is 13.8 Å². The molecule has 2 atom stereocenters. The molecule has 2 aromatic rings. The molecule has 29 heavy (non-hydrogen) atoms. The van der Waals surface area contributed by atoms with E-state index in [9.17, 15) is 14.9 Å². The lowest BCUT2D eigenvalue weighted by Gasteiger charge is -2.23. The molecule has 0 spiro atoms. The number of ether oxygens (including phenoxy) is 1. The predicted octanol–water partition coefficient (Wildman–Crippen LogP) is 4.85. The average Bonchev–Trinajstić information content (AvgIpc) is 2.66. The minimum atomic E-state index is -1.77. The van der Waals surface area contributed by atoms with Gasteiger partial charge in [-0.3, -0.25) is 14.9 Å². The van der Waals surface area contributed by atoms with E-state index in [2.05, 4.69) is 5.09 Å². The van der Waals surface area contributed by atoms with E-state index in [1.54, 1.807) is 19.1 Å². The van der Waals surface area contributed by atoms with Crippen LogP contribution >= 0.6 is 8.53 Å². The third-order valence-electron chi connectivity index (χ3n) is 3.47. The van der Waals surface area contributed by atoms with Gasteiger partial charge in [0.25, 0.3) is 5.69 Å². The van der Waals surface area contributed by atoms with Gasteiger partial charge >= 0.3 is 14.5 Å². The van der Waals surface area contributed by atoms with Crippen LogP contribution in [0.2, 0.25) is 0 Å². The number of esters is 1. The van der Waals surface area contributed by atoms with Crippen LogP contribution in [0.5, 0.6) is 11.5 Å². The van der Waals surface area contributed by atoms with Gasteiger partial charge in [-0.2, -0.15) is 0 Å². The molecule has 0 bridgehead atoms. The molecule has 156 valence electrons. The molecule has 0 amide bonds. The van der Waals surface area contributed by atoms with Crippen LogP contribution in [-0.2, 0) is 9.53 Å². The van der Waals surface area contributed by atoms with E-state index in [4.69, 9.17) is 13.8 Å². The summed E-state index contributed by atoms with van der Waals surface area (Å²) in [5, 5.41) is 13.8. The minimum absolute atomic E-state index is 0.0438. The number of rotatable bonds is 9. The predicted molar refractivity (Wildman–Crippen MR) is 111 cm³/mol. The molecule has 0 aliphatic carbocycles.